The van der Waals surface area contributed by atoms with Crippen molar-refractivity contribution in [2.24, 2.45) is 0 Å². The molecule has 192 valence electrons. The maximum atomic E-state index is 13.2. The smallest absolute Gasteiger partial charge is 0.321 e. The van der Waals surface area contributed by atoms with Crippen molar-refractivity contribution >= 4 is 52.3 Å². The van der Waals surface area contributed by atoms with E-state index in [2.05, 4.69) is 47.9 Å². The van der Waals surface area contributed by atoms with Gasteiger partial charge in [0.05, 0.1) is 6.20 Å². The fourth-order valence-electron chi connectivity index (χ4n) is 4.74. The van der Waals surface area contributed by atoms with E-state index in [-0.39, 0.29) is 6.03 Å². The zero-order valence-corrected chi connectivity index (χ0v) is 21.4. The Hall–Kier alpha value is -4.37. The summed E-state index contributed by atoms with van der Waals surface area (Å²) in [6.45, 7) is 2.75. The first-order chi connectivity index (χ1) is 18.6. The van der Waals surface area contributed by atoms with Crippen LogP contribution in [0.2, 0.25) is 5.02 Å². The van der Waals surface area contributed by atoms with Crippen LogP contribution in [0.3, 0.4) is 0 Å². The van der Waals surface area contributed by atoms with E-state index in [1.807, 2.05) is 53.4 Å². The number of aryl methyl sites for hydroxylation is 2. The largest absolute Gasteiger partial charge is 0.353 e. The Morgan fingerprint density at radius 2 is 1.76 bits per heavy atom. The van der Waals surface area contributed by atoms with Crippen molar-refractivity contribution in [3.63, 3.8) is 0 Å². The first-order valence-electron chi connectivity index (χ1n) is 12.6. The molecule has 1 saturated heterocycles. The molecule has 9 nitrogen and oxygen atoms in total. The summed E-state index contributed by atoms with van der Waals surface area (Å²) in [5.41, 5.74) is 4.73. The van der Waals surface area contributed by atoms with Crippen LogP contribution in [-0.4, -0.2) is 52.1 Å². The highest BCUT2D eigenvalue weighted by molar-refractivity contribution is 6.32. The molecule has 1 fully saturated rings. The minimum absolute atomic E-state index is 0.0970. The molecule has 0 spiro atoms. The van der Waals surface area contributed by atoms with Gasteiger partial charge in [-0.2, -0.15) is 4.98 Å². The average molecular weight is 527 g/mol. The summed E-state index contributed by atoms with van der Waals surface area (Å²) in [6.07, 6.45) is 4.93. The lowest BCUT2D eigenvalue weighted by Gasteiger charge is -2.35. The van der Waals surface area contributed by atoms with Gasteiger partial charge in [0.1, 0.15) is 10.8 Å². The van der Waals surface area contributed by atoms with Crippen molar-refractivity contribution < 1.29 is 4.79 Å². The van der Waals surface area contributed by atoms with Crippen LogP contribution in [0.1, 0.15) is 11.1 Å². The van der Waals surface area contributed by atoms with Crippen molar-refractivity contribution in [3.05, 3.63) is 89.2 Å². The summed E-state index contributed by atoms with van der Waals surface area (Å²) in [4.78, 5) is 30.6. The minimum Gasteiger partial charge on any atom is -0.353 e. The summed E-state index contributed by atoms with van der Waals surface area (Å²) in [6, 6.07) is 19.9. The molecule has 2 aromatic heterocycles. The Morgan fingerprint density at radius 3 is 2.61 bits per heavy atom. The van der Waals surface area contributed by atoms with Crippen LogP contribution < -0.4 is 20.9 Å². The number of anilines is 6. The molecule has 6 bridgehead atoms. The number of rotatable bonds is 2. The molecular formula is C28H27ClN8O. The number of urea groups is 1. The molecule has 0 saturated carbocycles. The molecule has 2 aliphatic rings. The second kappa shape index (κ2) is 10.5. The Kier molecular flexibility index (Phi) is 6.66. The molecule has 0 atom stereocenters. The van der Waals surface area contributed by atoms with Crippen molar-refractivity contribution in [1.82, 2.24) is 19.9 Å². The van der Waals surface area contributed by atoms with Crippen LogP contribution >= 0.6 is 11.6 Å². The van der Waals surface area contributed by atoms with E-state index in [0.29, 0.717) is 29.9 Å². The first kappa shape index (κ1) is 24.0. The predicted octanol–water partition coefficient (Wildman–Crippen LogP) is 5.46. The van der Waals surface area contributed by atoms with E-state index in [9.17, 15) is 4.79 Å². The number of nitrogens with zero attached hydrogens (tertiary/aromatic N) is 5. The molecule has 2 aromatic carbocycles. The lowest BCUT2D eigenvalue weighted by Crippen LogP contribution is -2.50. The van der Waals surface area contributed by atoms with Gasteiger partial charge >= 0.3 is 6.03 Å². The molecule has 4 heterocycles. The Morgan fingerprint density at radius 1 is 0.895 bits per heavy atom. The van der Waals surface area contributed by atoms with E-state index >= 15 is 0 Å². The molecule has 2 aliphatic heterocycles. The number of carbonyl (C=O) groups excluding carboxylic acids is 1. The third-order valence-electron chi connectivity index (χ3n) is 6.76. The van der Waals surface area contributed by atoms with Crippen LogP contribution in [0, 0.1) is 0 Å². The molecule has 10 heteroatoms. The van der Waals surface area contributed by atoms with E-state index in [0.717, 1.165) is 54.4 Å². The van der Waals surface area contributed by atoms with E-state index < -0.39 is 0 Å². The van der Waals surface area contributed by atoms with Crippen molar-refractivity contribution in [3.8, 4) is 0 Å². The zero-order chi connectivity index (χ0) is 25.9. The third kappa shape index (κ3) is 5.33. The van der Waals surface area contributed by atoms with Crippen molar-refractivity contribution in [2.45, 2.75) is 12.8 Å². The van der Waals surface area contributed by atoms with E-state index in [1.165, 1.54) is 5.56 Å². The van der Waals surface area contributed by atoms with Crippen molar-refractivity contribution in [1.29, 1.82) is 0 Å². The maximum Gasteiger partial charge on any atom is 0.321 e. The van der Waals surface area contributed by atoms with Gasteiger partial charge in [0.2, 0.25) is 5.95 Å². The number of carbonyl (C=O) groups is 1. The fraction of sp³-hybridized carbons (Fsp3) is 0.214. The summed E-state index contributed by atoms with van der Waals surface area (Å²) < 4.78 is 0. The zero-order valence-electron chi connectivity index (χ0n) is 20.7. The Bertz CT molecular complexity index is 1460. The molecule has 0 aliphatic carbocycles. The molecule has 3 N–H and O–H groups in total. The molecule has 0 radical (unpaired) electrons. The minimum atomic E-state index is -0.0970. The lowest BCUT2D eigenvalue weighted by atomic mass is 10.0. The number of aromatic nitrogens is 3. The standard InChI is InChI=1S/C28H27ClN8O/c29-23-18-31-27-33-21-5-3-4-19(16-21)7-8-20-17-22(32-26(23)35-27)9-10-24(20)34-28(38)37-14-12-36(13-15-37)25-6-1-2-11-30-25/h1-6,9-11,16-18H,7-8,12-15H2,(H,34,38)(H2,31,32,33,35). The molecule has 2 amide bonds. The topological polar surface area (TPSA) is 98.3 Å². The number of piperazine rings is 1. The molecule has 38 heavy (non-hydrogen) atoms. The number of benzene rings is 2. The van der Waals surface area contributed by atoms with Gasteiger partial charge in [0.15, 0.2) is 5.82 Å². The number of fused-ring (bicyclic) bond motifs is 6. The van der Waals surface area contributed by atoms with Crippen LogP contribution in [0.15, 0.2) is 73.1 Å². The summed E-state index contributed by atoms with van der Waals surface area (Å²) in [5.74, 6) is 1.91. The molecular weight excluding hydrogens is 500 g/mol. The maximum absolute atomic E-state index is 13.2. The predicted molar refractivity (Wildman–Crippen MR) is 151 cm³/mol. The number of nitrogens with one attached hydrogen (secondary N) is 3. The van der Waals surface area contributed by atoms with Gasteiger partial charge in [0, 0.05) is 49.4 Å². The number of hydrogen-bond donors (Lipinski definition) is 3. The summed E-state index contributed by atoms with van der Waals surface area (Å²) in [5, 5.41) is 10.1. The average Bonchev–Trinajstić information content (AvgIpc) is 2.95. The van der Waals surface area contributed by atoms with Crippen LogP contribution in [0.4, 0.5) is 39.4 Å². The van der Waals surface area contributed by atoms with E-state index in [1.54, 1.807) is 12.4 Å². The Balaban J connectivity index is 1.22. The number of hydrogen-bond acceptors (Lipinski definition) is 7. The van der Waals surface area contributed by atoms with Gasteiger partial charge in [-0.1, -0.05) is 29.8 Å². The fourth-order valence-corrected chi connectivity index (χ4v) is 4.88. The number of pyridine rings is 1. The van der Waals surface area contributed by atoms with Gasteiger partial charge in [0.25, 0.3) is 0 Å². The highest BCUT2D eigenvalue weighted by atomic mass is 35.5. The highest BCUT2D eigenvalue weighted by Crippen LogP contribution is 2.29. The van der Waals surface area contributed by atoms with Crippen LogP contribution in [0.25, 0.3) is 0 Å². The van der Waals surface area contributed by atoms with Gasteiger partial charge in [-0.25, -0.2) is 14.8 Å². The van der Waals surface area contributed by atoms with Crippen LogP contribution in [0.5, 0.6) is 0 Å². The van der Waals surface area contributed by atoms with E-state index in [4.69, 9.17) is 11.6 Å². The van der Waals surface area contributed by atoms with Gasteiger partial charge in [-0.15, -0.1) is 0 Å². The lowest BCUT2D eigenvalue weighted by molar-refractivity contribution is 0.208. The van der Waals surface area contributed by atoms with Gasteiger partial charge < -0.3 is 25.8 Å². The summed E-state index contributed by atoms with van der Waals surface area (Å²) >= 11 is 6.38. The molecule has 0 unspecified atom stereocenters. The number of halogens is 1. The number of amides is 2. The Labute approximate surface area is 225 Å². The molecule has 4 aromatic rings. The third-order valence-corrected chi connectivity index (χ3v) is 7.04. The second-order valence-electron chi connectivity index (χ2n) is 9.30. The summed E-state index contributed by atoms with van der Waals surface area (Å²) in [7, 11) is 0. The van der Waals surface area contributed by atoms with Crippen LogP contribution in [-0.2, 0) is 12.8 Å². The second-order valence-corrected chi connectivity index (χ2v) is 9.71. The normalized spacial score (nSPS) is 14.8. The quantitative estimate of drug-likeness (QED) is 0.319. The monoisotopic (exact) mass is 526 g/mol. The van der Waals surface area contributed by atoms with Gasteiger partial charge in [-0.3, -0.25) is 0 Å². The van der Waals surface area contributed by atoms with Crippen molar-refractivity contribution in [2.75, 3.05) is 47.0 Å². The molecule has 6 rings (SSSR count). The first-order valence-corrected chi connectivity index (χ1v) is 13.0. The SMILES string of the molecule is O=C(Nc1ccc2cc1CCc1cccc(c1)Nc1ncc(Cl)c(n1)N2)N1CCN(c2ccccn2)CC1. The highest BCUT2D eigenvalue weighted by Gasteiger charge is 2.22. The van der Waals surface area contributed by atoms with Gasteiger partial charge in [-0.05, 0) is 66.4 Å².